The summed E-state index contributed by atoms with van der Waals surface area (Å²) < 4.78 is 2.17. The SMILES string of the molecule is C.Cn1c2cnccc2c2c3[nH]c4nccnc4c3ccc21. The molecule has 5 heteroatoms. The van der Waals surface area contributed by atoms with Gasteiger partial charge in [0.05, 0.1) is 22.7 Å². The van der Waals surface area contributed by atoms with Gasteiger partial charge in [0.2, 0.25) is 0 Å². The van der Waals surface area contributed by atoms with Crippen molar-refractivity contribution in [2.45, 2.75) is 7.43 Å². The van der Waals surface area contributed by atoms with Crippen LogP contribution < -0.4 is 0 Å². The number of aromatic amines is 1. The Labute approximate surface area is 126 Å². The largest absolute Gasteiger partial charge is 0.342 e. The second kappa shape index (κ2) is 4.27. The molecule has 108 valence electrons. The van der Waals surface area contributed by atoms with Crippen molar-refractivity contribution in [2.75, 3.05) is 0 Å². The molecule has 22 heavy (non-hydrogen) atoms. The number of hydrogen-bond donors (Lipinski definition) is 1. The quantitative estimate of drug-likeness (QED) is 0.472. The molecule has 0 bridgehead atoms. The first-order valence-electron chi connectivity index (χ1n) is 6.78. The van der Waals surface area contributed by atoms with Crippen LogP contribution in [0.4, 0.5) is 0 Å². The minimum absolute atomic E-state index is 0. The third-order valence-corrected chi connectivity index (χ3v) is 4.17. The predicted molar refractivity (Wildman–Crippen MR) is 89.9 cm³/mol. The molecular weight excluding hydrogens is 274 g/mol. The molecule has 1 N–H and O–H groups in total. The van der Waals surface area contributed by atoms with Crippen LogP contribution in [0.5, 0.6) is 0 Å². The van der Waals surface area contributed by atoms with E-state index in [4.69, 9.17) is 0 Å². The standard InChI is InChI=1S/C16H11N5.CH4/c1-21-11-3-2-10-14(20-16-15(10)18-6-7-19-16)13(11)9-4-5-17-8-12(9)21;/h2-8H,1H3,(H,19,20);1H4. The highest BCUT2D eigenvalue weighted by molar-refractivity contribution is 6.23. The van der Waals surface area contributed by atoms with Gasteiger partial charge >= 0.3 is 0 Å². The average molecular weight is 289 g/mol. The van der Waals surface area contributed by atoms with Crippen molar-refractivity contribution in [3.63, 3.8) is 0 Å². The number of nitrogens with one attached hydrogen (secondary N) is 1. The van der Waals surface area contributed by atoms with E-state index >= 15 is 0 Å². The Morgan fingerprint density at radius 1 is 0.955 bits per heavy atom. The van der Waals surface area contributed by atoms with Crippen LogP contribution in [0.2, 0.25) is 0 Å². The Bertz CT molecular complexity index is 1150. The first kappa shape index (κ1) is 12.8. The van der Waals surface area contributed by atoms with Gasteiger partial charge in [0.25, 0.3) is 0 Å². The topological polar surface area (TPSA) is 59.4 Å². The Morgan fingerprint density at radius 2 is 1.82 bits per heavy atom. The highest BCUT2D eigenvalue weighted by Gasteiger charge is 2.14. The van der Waals surface area contributed by atoms with Gasteiger partial charge in [-0.25, -0.2) is 4.98 Å². The first-order valence-corrected chi connectivity index (χ1v) is 6.78. The van der Waals surface area contributed by atoms with Crippen molar-refractivity contribution in [3.05, 3.63) is 43.0 Å². The van der Waals surface area contributed by atoms with E-state index in [0.717, 1.165) is 27.6 Å². The molecule has 0 atom stereocenters. The number of benzene rings is 1. The molecule has 0 aliphatic heterocycles. The number of nitrogens with zero attached hydrogens (tertiary/aromatic N) is 4. The molecule has 0 saturated heterocycles. The number of rotatable bonds is 0. The molecule has 0 amide bonds. The number of H-pyrrole nitrogens is 1. The molecule has 0 fully saturated rings. The Morgan fingerprint density at radius 3 is 2.73 bits per heavy atom. The lowest BCUT2D eigenvalue weighted by atomic mass is 10.1. The summed E-state index contributed by atoms with van der Waals surface area (Å²) in [6.07, 6.45) is 7.18. The number of hydrogen-bond acceptors (Lipinski definition) is 3. The van der Waals surface area contributed by atoms with Crippen LogP contribution >= 0.6 is 0 Å². The van der Waals surface area contributed by atoms with Crippen molar-refractivity contribution in [3.8, 4) is 0 Å². The molecule has 5 rings (SSSR count). The first-order chi connectivity index (χ1) is 10.3. The van der Waals surface area contributed by atoms with E-state index in [1.54, 1.807) is 12.4 Å². The van der Waals surface area contributed by atoms with Crippen LogP contribution in [0.1, 0.15) is 7.43 Å². The summed E-state index contributed by atoms with van der Waals surface area (Å²) in [6, 6.07) is 6.31. The number of fused-ring (bicyclic) bond motifs is 7. The Kier molecular flexibility index (Phi) is 2.48. The van der Waals surface area contributed by atoms with Crippen LogP contribution in [0.25, 0.3) is 43.9 Å². The number of pyridine rings is 1. The molecule has 5 nitrogen and oxygen atoms in total. The smallest absolute Gasteiger partial charge is 0.157 e. The molecule has 4 aromatic heterocycles. The zero-order chi connectivity index (χ0) is 14.0. The molecule has 0 saturated carbocycles. The highest BCUT2D eigenvalue weighted by Crippen LogP contribution is 2.35. The maximum atomic E-state index is 4.45. The summed E-state index contributed by atoms with van der Waals surface area (Å²) in [5.41, 5.74) is 5.13. The zero-order valence-corrected chi connectivity index (χ0v) is 11.3. The minimum atomic E-state index is 0. The number of aromatic nitrogens is 5. The molecule has 1 aromatic carbocycles. The molecular formula is C17H15N5. The molecule has 0 unspecified atom stereocenters. The minimum Gasteiger partial charge on any atom is -0.342 e. The summed E-state index contributed by atoms with van der Waals surface area (Å²) in [6.45, 7) is 0. The fraction of sp³-hybridized carbons (Fsp3) is 0.118. The highest BCUT2D eigenvalue weighted by atomic mass is 15.0. The normalized spacial score (nSPS) is 11.5. The van der Waals surface area contributed by atoms with Gasteiger partial charge in [-0.15, -0.1) is 0 Å². The molecule has 0 radical (unpaired) electrons. The van der Waals surface area contributed by atoms with Crippen LogP contribution in [0, 0.1) is 0 Å². The fourth-order valence-electron chi connectivity index (χ4n) is 3.21. The van der Waals surface area contributed by atoms with Crippen molar-refractivity contribution in [1.82, 2.24) is 24.5 Å². The van der Waals surface area contributed by atoms with E-state index in [2.05, 4.69) is 49.7 Å². The fourth-order valence-corrected chi connectivity index (χ4v) is 3.21. The van der Waals surface area contributed by atoms with E-state index in [-0.39, 0.29) is 7.43 Å². The summed E-state index contributed by atoms with van der Waals surface area (Å²) in [4.78, 5) is 16.5. The van der Waals surface area contributed by atoms with Gasteiger partial charge in [-0.1, -0.05) is 7.43 Å². The van der Waals surface area contributed by atoms with Crippen molar-refractivity contribution >= 4 is 43.9 Å². The summed E-state index contributed by atoms with van der Waals surface area (Å²) >= 11 is 0. The molecule has 0 aliphatic carbocycles. The summed E-state index contributed by atoms with van der Waals surface area (Å²) in [7, 11) is 2.07. The van der Waals surface area contributed by atoms with Gasteiger partial charge in [0, 0.05) is 41.8 Å². The van der Waals surface area contributed by atoms with Crippen LogP contribution in [0.15, 0.2) is 43.0 Å². The average Bonchev–Trinajstić information content (AvgIpc) is 3.04. The Hall–Kier alpha value is -2.95. The van der Waals surface area contributed by atoms with E-state index in [1.807, 2.05) is 12.4 Å². The third-order valence-electron chi connectivity index (χ3n) is 4.17. The van der Waals surface area contributed by atoms with Crippen LogP contribution in [-0.4, -0.2) is 24.5 Å². The van der Waals surface area contributed by atoms with Gasteiger partial charge in [-0.05, 0) is 18.2 Å². The van der Waals surface area contributed by atoms with E-state index in [9.17, 15) is 0 Å². The predicted octanol–water partition coefficient (Wildman–Crippen LogP) is 3.79. The lowest BCUT2D eigenvalue weighted by Gasteiger charge is -1.97. The summed E-state index contributed by atoms with van der Waals surface area (Å²) in [5.74, 6) is 0. The van der Waals surface area contributed by atoms with Gasteiger partial charge in [-0.3, -0.25) is 9.97 Å². The van der Waals surface area contributed by atoms with Crippen LogP contribution in [-0.2, 0) is 7.05 Å². The second-order valence-electron chi connectivity index (χ2n) is 5.21. The zero-order valence-electron chi connectivity index (χ0n) is 11.3. The lowest BCUT2D eigenvalue weighted by Crippen LogP contribution is -1.86. The monoisotopic (exact) mass is 289 g/mol. The van der Waals surface area contributed by atoms with E-state index < -0.39 is 0 Å². The van der Waals surface area contributed by atoms with E-state index in [1.165, 1.54) is 16.3 Å². The molecule has 5 aromatic rings. The van der Waals surface area contributed by atoms with Crippen molar-refractivity contribution in [2.24, 2.45) is 7.05 Å². The van der Waals surface area contributed by atoms with Gasteiger partial charge in [0.1, 0.15) is 5.52 Å². The third kappa shape index (κ3) is 1.40. The summed E-state index contributed by atoms with van der Waals surface area (Å²) in [5, 5.41) is 3.50. The van der Waals surface area contributed by atoms with Crippen molar-refractivity contribution < 1.29 is 0 Å². The maximum Gasteiger partial charge on any atom is 0.157 e. The Balaban J connectivity index is 0.00000125. The lowest BCUT2D eigenvalue weighted by molar-refractivity contribution is 1.01. The molecule has 0 aliphatic rings. The van der Waals surface area contributed by atoms with Gasteiger partial charge in [0.15, 0.2) is 5.65 Å². The van der Waals surface area contributed by atoms with Gasteiger partial charge in [-0.2, -0.15) is 0 Å². The maximum absolute atomic E-state index is 4.45. The molecule has 0 spiro atoms. The molecule has 4 heterocycles. The number of aryl methyl sites for hydroxylation is 1. The van der Waals surface area contributed by atoms with Crippen molar-refractivity contribution in [1.29, 1.82) is 0 Å². The van der Waals surface area contributed by atoms with Crippen LogP contribution in [0.3, 0.4) is 0 Å². The van der Waals surface area contributed by atoms with E-state index in [0.29, 0.717) is 0 Å². The second-order valence-corrected chi connectivity index (χ2v) is 5.21. The van der Waals surface area contributed by atoms with Gasteiger partial charge < -0.3 is 9.55 Å².